The van der Waals surface area contributed by atoms with Gasteiger partial charge in [-0.3, -0.25) is 9.59 Å². The lowest BCUT2D eigenvalue weighted by molar-refractivity contribution is -0.122. The van der Waals surface area contributed by atoms with Crippen LogP contribution in [0.15, 0.2) is 48.8 Å². The number of carbonyl (C=O) groups is 2. The average Bonchev–Trinajstić information content (AvgIpc) is 3.44. The number of aromatic nitrogens is 4. The molecule has 3 heterocycles. The third kappa shape index (κ3) is 3.43. The molecule has 1 aromatic heterocycles. The van der Waals surface area contributed by atoms with Crippen molar-refractivity contribution in [3.05, 3.63) is 48.8 Å². The van der Waals surface area contributed by atoms with Crippen LogP contribution in [-0.4, -0.2) is 51.8 Å². The number of tetrazole rings is 1. The zero-order chi connectivity index (χ0) is 20.5. The number of carbonyl (C=O) groups excluding carboxylic acids is 2. The van der Waals surface area contributed by atoms with Crippen LogP contribution in [0.2, 0.25) is 0 Å². The summed E-state index contributed by atoms with van der Waals surface area (Å²) >= 11 is 0. The molecule has 0 saturated carbocycles. The van der Waals surface area contributed by atoms with Crippen LogP contribution in [-0.2, 0) is 9.59 Å². The molecule has 1 N–H and O–H groups in total. The van der Waals surface area contributed by atoms with Gasteiger partial charge in [0.2, 0.25) is 11.8 Å². The second-order valence-electron chi connectivity index (χ2n) is 7.02. The highest BCUT2D eigenvalue weighted by Crippen LogP contribution is 2.36. The fourth-order valence-electron chi connectivity index (χ4n) is 3.55. The summed E-state index contributed by atoms with van der Waals surface area (Å²) in [5.41, 5.74) is 2.12. The van der Waals surface area contributed by atoms with Gasteiger partial charge in [-0.15, -0.1) is 5.10 Å². The first kappa shape index (κ1) is 18.1. The average molecular weight is 406 g/mol. The first-order chi connectivity index (χ1) is 14.7. The molecular formula is C20H18N6O4. The number of nitrogens with one attached hydrogen (secondary N) is 1. The predicted octanol–water partition coefficient (Wildman–Crippen LogP) is 1.43. The Morgan fingerprint density at radius 3 is 2.57 bits per heavy atom. The Morgan fingerprint density at radius 2 is 1.80 bits per heavy atom. The summed E-state index contributed by atoms with van der Waals surface area (Å²) in [7, 11) is 0. The van der Waals surface area contributed by atoms with Gasteiger partial charge in [0.05, 0.1) is 11.6 Å². The summed E-state index contributed by atoms with van der Waals surface area (Å²) in [4.78, 5) is 26.9. The Balaban J connectivity index is 1.25. The molecule has 1 atom stereocenters. The van der Waals surface area contributed by atoms with Gasteiger partial charge in [-0.2, -0.15) is 0 Å². The van der Waals surface area contributed by atoms with E-state index in [2.05, 4.69) is 20.8 Å². The molecule has 10 nitrogen and oxygen atoms in total. The molecule has 0 bridgehead atoms. The van der Waals surface area contributed by atoms with E-state index in [-0.39, 0.29) is 18.2 Å². The van der Waals surface area contributed by atoms with Crippen molar-refractivity contribution in [3.8, 4) is 17.2 Å². The number of benzene rings is 2. The Labute approximate surface area is 171 Å². The predicted molar refractivity (Wildman–Crippen MR) is 106 cm³/mol. The van der Waals surface area contributed by atoms with E-state index in [1.807, 2.05) is 6.07 Å². The molecule has 2 amide bonds. The maximum Gasteiger partial charge on any atom is 0.229 e. The van der Waals surface area contributed by atoms with Crippen LogP contribution in [0.5, 0.6) is 11.5 Å². The van der Waals surface area contributed by atoms with Gasteiger partial charge < -0.3 is 19.7 Å². The van der Waals surface area contributed by atoms with E-state index in [4.69, 9.17) is 9.47 Å². The Bertz CT molecular complexity index is 1080. The molecule has 30 heavy (non-hydrogen) atoms. The minimum Gasteiger partial charge on any atom is -0.486 e. The number of nitrogens with zero attached hydrogens (tertiary/aromatic N) is 5. The van der Waals surface area contributed by atoms with E-state index in [0.717, 1.165) is 5.69 Å². The number of anilines is 2. The van der Waals surface area contributed by atoms with Gasteiger partial charge in [0.15, 0.2) is 11.5 Å². The molecule has 5 rings (SSSR count). The van der Waals surface area contributed by atoms with Gasteiger partial charge in [0, 0.05) is 30.4 Å². The molecule has 0 radical (unpaired) electrons. The lowest BCUT2D eigenvalue weighted by Crippen LogP contribution is -2.28. The van der Waals surface area contributed by atoms with Crippen molar-refractivity contribution in [2.75, 3.05) is 30.0 Å². The van der Waals surface area contributed by atoms with Crippen LogP contribution >= 0.6 is 0 Å². The van der Waals surface area contributed by atoms with Crippen molar-refractivity contribution in [2.45, 2.75) is 6.42 Å². The maximum atomic E-state index is 12.7. The summed E-state index contributed by atoms with van der Waals surface area (Å²) in [5.74, 6) is 0.544. The van der Waals surface area contributed by atoms with Crippen LogP contribution in [0.1, 0.15) is 6.42 Å². The topological polar surface area (TPSA) is 111 Å². The van der Waals surface area contributed by atoms with Crippen molar-refractivity contribution < 1.29 is 19.1 Å². The number of hydrogen-bond donors (Lipinski definition) is 1. The molecule has 10 heteroatoms. The van der Waals surface area contributed by atoms with E-state index in [0.29, 0.717) is 42.6 Å². The zero-order valence-electron chi connectivity index (χ0n) is 15.9. The molecule has 1 fully saturated rings. The second-order valence-corrected chi connectivity index (χ2v) is 7.02. The van der Waals surface area contributed by atoms with Crippen LogP contribution in [0.4, 0.5) is 11.4 Å². The molecule has 2 aromatic carbocycles. The third-order valence-corrected chi connectivity index (χ3v) is 5.08. The first-order valence-corrected chi connectivity index (χ1v) is 9.52. The monoisotopic (exact) mass is 406 g/mol. The summed E-state index contributed by atoms with van der Waals surface area (Å²) in [6.45, 7) is 1.29. The number of ether oxygens (including phenoxy) is 2. The number of hydrogen-bond acceptors (Lipinski definition) is 7. The highest BCUT2D eigenvalue weighted by molar-refractivity contribution is 6.03. The molecule has 0 aliphatic carbocycles. The minimum absolute atomic E-state index is 0.0964. The van der Waals surface area contributed by atoms with Gasteiger partial charge in [-0.1, -0.05) is 0 Å². The van der Waals surface area contributed by atoms with Gasteiger partial charge in [0.25, 0.3) is 0 Å². The number of fused-ring (bicyclic) bond motifs is 1. The smallest absolute Gasteiger partial charge is 0.229 e. The highest BCUT2D eigenvalue weighted by atomic mass is 16.6. The lowest BCUT2D eigenvalue weighted by Gasteiger charge is -2.22. The fraction of sp³-hybridized carbons (Fsp3) is 0.250. The summed E-state index contributed by atoms with van der Waals surface area (Å²) in [6, 6.07) is 12.5. The fourth-order valence-corrected chi connectivity index (χ4v) is 3.55. The lowest BCUT2D eigenvalue weighted by atomic mass is 10.1. The molecule has 2 aliphatic rings. The summed E-state index contributed by atoms with van der Waals surface area (Å²) < 4.78 is 12.6. The van der Waals surface area contributed by atoms with E-state index in [9.17, 15) is 9.59 Å². The highest BCUT2D eigenvalue weighted by Gasteiger charge is 2.35. The summed E-state index contributed by atoms with van der Waals surface area (Å²) in [6.07, 6.45) is 1.65. The van der Waals surface area contributed by atoms with E-state index in [1.165, 1.54) is 11.0 Å². The molecule has 2 aliphatic heterocycles. The number of rotatable bonds is 4. The molecule has 1 saturated heterocycles. The van der Waals surface area contributed by atoms with Crippen molar-refractivity contribution >= 4 is 23.2 Å². The van der Waals surface area contributed by atoms with Gasteiger partial charge in [0.1, 0.15) is 19.5 Å². The van der Waals surface area contributed by atoms with Crippen molar-refractivity contribution in [1.29, 1.82) is 0 Å². The van der Waals surface area contributed by atoms with Crippen LogP contribution in [0, 0.1) is 5.92 Å². The van der Waals surface area contributed by atoms with Gasteiger partial charge >= 0.3 is 0 Å². The zero-order valence-corrected chi connectivity index (χ0v) is 15.9. The van der Waals surface area contributed by atoms with E-state index < -0.39 is 5.92 Å². The quantitative estimate of drug-likeness (QED) is 0.697. The van der Waals surface area contributed by atoms with Gasteiger partial charge in [-0.25, -0.2) is 4.68 Å². The van der Waals surface area contributed by atoms with Crippen LogP contribution in [0.25, 0.3) is 5.69 Å². The van der Waals surface area contributed by atoms with E-state index >= 15 is 0 Å². The van der Waals surface area contributed by atoms with Crippen molar-refractivity contribution in [2.24, 2.45) is 5.92 Å². The Hall–Kier alpha value is -3.95. The molecule has 0 unspecified atom stereocenters. The second kappa shape index (κ2) is 7.47. The van der Waals surface area contributed by atoms with E-state index in [1.54, 1.807) is 41.3 Å². The molecular weight excluding hydrogens is 388 g/mol. The standard InChI is InChI=1S/C20H18N6O4/c27-19-9-13(11-25(19)16-5-6-17-18(10-16)30-8-7-29-17)20(28)22-14-1-3-15(4-2-14)26-12-21-23-24-26/h1-6,10,12-13H,7-9,11H2,(H,22,28)/t13-/m0/s1. The van der Waals surface area contributed by atoms with Crippen LogP contribution in [0.3, 0.4) is 0 Å². The van der Waals surface area contributed by atoms with Crippen molar-refractivity contribution in [3.63, 3.8) is 0 Å². The third-order valence-electron chi connectivity index (χ3n) is 5.08. The van der Waals surface area contributed by atoms with Crippen LogP contribution < -0.4 is 19.7 Å². The summed E-state index contributed by atoms with van der Waals surface area (Å²) in [5, 5.41) is 13.9. The SMILES string of the molecule is O=C(Nc1ccc(-n2cnnn2)cc1)[C@H]1CC(=O)N(c2ccc3c(c2)OCCO3)C1. The Morgan fingerprint density at radius 1 is 1.03 bits per heavy atom. The molecule has 152 valence electrons. The number of amides is 2. The van der Waals surface area contributed by atoms with Crippen molar-refractivity contribution in [1.82, 2.24) is 20.2 Å². The normalized spacial score (nSPS) is 17.8. The molecule has 3 aromatic rings. The largest absolute Gasteiger partial charge is 0.486 e. The van der Waals surface area contributed by atoms with Gasteiger partial charge in [-0.05, 0) is 46.8 Å². The Kier molecular flexibility index (Phi) is 4.51. The first-order valence-electron chi connectivity index (χ1n) is 9.52. The minimum atomic E-state index is -0.440. The maximum absolute atomic E-state index is 12.7. The molecule has 0 spiro atoms.